The second-order valence-electron chi connectivity index (χ2n) is 7.04. The topological polar surface area (TPSA) is 91.5 Å². The van der Waals surface area contributed by atoms with Gasteiger partial charge in [0.15, 0.2) is 11.5 Å². The van der Waals surface area contributed by atoms with Gasteiger partial charge in [0.05, 0.1) is 23.7 Å². The summed E-state index contributed by atoms with van der Waals surface area (Å²) in [5.41, 5.74) is 3.43. The van der Waals surface area contributed by atoms with Gasteiger partial charge in [0.1, 0.15) is 12.1 Å². The van der Waals surface area contributed by atoms with Gasteiger partial charge < -0.3 is 9.47 Å². The number of aromatic nitrogens is 5. The van der Waals surface area contributed by atoms with Gasteiger partial charge in [-0.1, -0.05) is 30.3 Å². The van der Waals surface area contributed by atoms with Crippen molar-refractivity contribution in [2.75, 3.05) is 6.61 Å². The monoisotopic (exact) mass is 413 g/mol. The molecule has 0 saturated heterocycles. The van der Waals surface area contributed by atoms with Crippen LogP contribution in [0, 0.1) is 0 Å². The number of pyridine rings is 1. The zero-order valence-corrected chi connectivity index (χ0v) is 17.0. The molecule has 154 valence electrons. The molecule has 8 heteroatoms. The Labute approximate surface area is 178 Å². The van der Waals surface area contributed by atoms with E-state index in [1.807, 2.05) is 42.5 Å². The van der Waals surface area contributed by atoms with E-state index < -0.39 is 11.9 Å². The molecule has 8 nitrogen and oxygen atoms in total. The van der Waals surface area contributed by atoms with Crippen LogP contribution in [0.15, 0.2) is 72.5 Å². The largest absolute Gasteiger partial charge is 0.463 e. The summed E-state index contributed by atoms with van der Waals surface area (Å²) in [6.45, 7) is 3.80. The average Bonchev–Trinajstić information content (AvgIpc) is 3.24. The van der Waals surface area contributed by atoms with Crippen molar-refractivity contribution in [2.45, 2.75) is 19.8 Å². The lowest BCUT2D eigenvalue weighted by Crippen LogP contribution is -2.24. The number of carbonyl (C=O) groups excluding carboxylic acids is 1. The molecule has 0 N–H and O–H groups in total. The molecule has 31 heavy (non-hydrogen) atoms. The maximum Gasteiger partial charge on any atom is 0.338 e. The van der Waals surface area contributed by atoms with E-state index in [1.54, 1.807) is 37.1 Å². The Morgan fingerprint density at radius 2 is 1.94 bits per heavy atom. The summed E-state index contributed by atoms with van der Waals surface area (Å²) in [4.78, 5) is 26.2. The predicted molar refractivity (Wildman–Crippen MR) is 112 cm³/mol. The number of hydrogen-bond acceptors (Lipinski definition) is 7. The molecule has 0 unspecified atom stereocenters. The maximum atomic E-state index is 12.9. The molecule has 1 atom stereocenters. The van der Waals surface area contributed by atoms with Crippen LogP contribution in [0.4, 0.5) is 0 Å². The summed E-state index contributed by atoms with van der Waals surface area (Å²) < 4.78 is 12.9. The van der Waals surface area contributed by atoms with Crippen molar-refractivity contribution in [1.82, 2.24) is 24.6 Å². The number of carbonyl (C=O) groups is 1. The van der Waals surface area contributed by atoms with Gasteiger partial charge in [-0.15, -0.1) is 5.10 Å². The number of hydrogen-bond donors (Lipinski definition) is 0. The van der Waals surface area contributed by atoms with E-state index in [0.717, 1.165) is 11.1 Å². The van der Waals surface area contributed by atoms with Crippen molar-refractivity contribution in [3.05, 3.63) is 83.6 Å². The molecular formula is C23H19N5O3. The maximum absolute atomic E-state index is 12.9. The Morgan fingerprint density at radius 1 is 1.16 bits per heavy atom. The number of fused-ring (bicyclic) bond motifs is 3. The van der Waals surface area contributed by atoms with Crippen molar-refractivity contribution in [3.63, 3.8) is 0 Å². The molecule has 0 bridgehead atoms. The van der Waals surface area contributed by atoms with Gasteiger partial charge in [0, 0.05) is 18.0 Å². The highest BCUT2D eigenvalue weighted by atomic mass is 16.5. The first-order chi connectivity index (χ1) is 15.2. The van der Waals surface area contributed by atoms with Gasteiger partial charge in [0.2, 0.25) is 5.88 Å². The van der Waals surface area contributed by atoms with Crippen molar-refractivity contribution in [2.24, 2.45) is 0 Å². The van der Waals surface area contributed by atoms with Crippen molar-refractivity contribution in [3.8, 4) is 17.3 Å². The molecule has 0 spiro atoms. The van der Waals surface area contributed by atoms with E-state index in [9.17, 15) is 4.79 Å². The van der Waals surface area contributed by atoms with Crippen LogP contribution in [0.2, 0.25) is 0 Å². The first kappa shape index (κ1) is 18.9. The Kier molecular flexibility index (Phi) is 4.66. The Morgan fingerprint density at radius 3 is 2.68 bits per heavy atom. The molecule has 5 rings (SSSR count). The quantitative estimate of drug-likeness (QED) is 0.473. The van der Waals surface area contributed by atoms with E-state index in [2.05, 4.69) is 15.1 Å². The molecule has 1 aliphatic rings. The third-order valence-corrected chi connectivity index (χ3v) is 5.16. The average molecular weight is 413 g/mol. The van der Waals surface area contributed by atoms with Crippen LogP contribution < -0.4 is 4.74 Å². The fraction of sp³-hybridized carbons (Fsp3) is 0.174. The van der Waals surface area contributed by atoms with Crippen LogP contribution >= 0.6 is 0 Å². The van der Waals surface area contributed by atoms with Crippen LogP contribution in [0.25, 0.3) is 17.0 Å². The lowest BCUT2D eigenvalue weighted by atomic mass is 9.83. The molecule has 0 aliphatic carbocycles. The minimum absolute atomic E-state index is 0.267. The predicted octanol–water partition coefficient (Wildman–Crippen LogP) is 3.55. The normalized spacial score (nSPS) is 15.5. The van der Waals surface area contributed by atoms with E-state index in [-0.39, 0.29) is 6.61 Å². The first-order valence-corrected chi connectivity index (χ1v) is 9.93. The lowest BCUT2D eigenvalue weighted by Gasteiger charge is -2.28. The number of esters is 1. The fourth-order valence-corrected chi connectivity index (χ4v) is 3.81. The van der Waals surface area contributed by atoms with Gasteiger partial charge in [0.25, 0.3) is 0 Å². The summed E-state index contributed by atoms with van der Waals surface area (Å²) in [6.07, 6.45) is 4.95. The summed E-state index contributed by atoms with van der Waals surface area (Å²) in [5, 5.41) is 4.57. The van der Waals surface area contributed by atoms with Crippen LogP contribution in [-0.4, -0.2) is 37.1 Å². The van der Waals surface area contributed by atoms with Crippen molar-refractivity contribution < 1.29 is 14.3 Å². The van der Waals surface area contributed by atoms with Gasteiger partial charge in [-0.2, -0.15) is 0 Å². The summed E-state index contributed by atoms with van der Waals surface area (Å²) in [6, 6.07) is 13.4. The van der Waals surface area contributed by atoms with Crippen LogP contribution in [-0.2, 0) is 9.53 Å². The minimum Gasteiger partial charge on any atom is -0.463 e. The Hall–Kier alpha value is -4.07. The highest BCUT2D eigenvalue weighted by Crippen LogP contribution is 2.44. The molecule has 3 aromatic heterocycles. The van der Waals surface area contributed by atoms with Crippen LogP contribution in [0.3, 0.4) is 0 Å². The first-order valence-electron chi connectivity index (χ1n) is 9.93. The SMILES string of the molecule is CCOC(=O)C1=C(C)Oc2ncn3nc(-c4ccncc4)nc3c2[C@@H]1c1ccccc1. The molecule has 1 aliphatic heterocycles. The zero-order valence-electron chi connectivity index (χ0n) is 17.0. The molecule has 4 aromatic rings. The highest BCUT2D eigenvalue weighted by Gasteiger charge is 2.38. The Balaban J connectivity index is 1.76. The summed E-state index contributed by atoms with van der Waals surface area (Å²) >= 11 is 0. The van der Waals surface area contributed by atoms with Crippen LogP contribution in [0.1, 0.15) is 30.9 Å². The number of allylic oxidation sites excluding steroid dienone is 1. The van der Waals surface area contributed by atoms with Crippen molar-refractivity contribution >= 4 is 11.6 Å². The van der Waals surface area contributed by atoms with E-state index in [1.165, 1.54) is 0 Å². The smallest absolute Gasteiger partial charge is 0.338 e. The minimum atomic E-state index is -0.449. The van der Waals surface area contributed by atoms with Crippen molar-refractivity contribution in [1.29, 1.82) is 0 Å². The second kappa shape index (κ2) is 7.64. The highest BCUT2D eigenvalue weighted by molar-refractivity contribution is 5.93. The summed E-state index contributed by atoms with van der Waals surface area (Å²) in [7, 11) is 0. The molecule has 1 aromatic carbocycles. The molecule has 0 saturated carbocycles. The van der Waals surface area contributed by atoms with E-state index >= 15 is 0 Å². The van der Waals surface area contributed by atoms with E-state index in [4.69, 9.17) is 14.5 Å². The number of rotatable bonds is 4. The molecule has 0 radical (unpaired) electrons. The second-order valence-corrected chi connectivity index (χ2v) is 7.04. The molecule has 0 amide bonds. The van der Waals surface area contributed by atoms with Gasteiger partial charge in [-0.05, 0) is 31.5 Å². The van der Waals surface area contributed by atoms with Gasteiger partial charge >= 0.3 is 5.97 Å². The van der Waals surface area contributed by atoms with Gasteiger partial charge in [-0.3, -0.25) is 4.98 Å². The summed E-state index contributed by atoms with van der Waals surface area (Å²) in [5.74, 6) is 0.532. The standard InChI is InChI=1S/C23H19N5O3/c1-3-30-23(29)17-14(2)31-22-19(18(17)15-7-5-4-6-8-15)21-26-20(27-28(21)13-25-22)16-9-11-24-12-10-16/h4-13,18H,3H2,1-2H3/t18-/m1/s1. The van der Waals surface area contributed by atoms with Gasteiger partial charge in [-0.25, -0.2) is 19.3 Å². The molecule has 4 heterocycles. The Bertz CT molecular complexity index is 1300. The number of nitrogens with zero attached hydrogens (tertiary/aromatic N) is 5. The molecule has 0 fully saturated rings. The van der Waals surface area contributed by atoms with Crippen LogP contribution in [0.5, 0.6) is 5.88 Å². The lowest BCUT2D eigenvalue weighted by molar-refractivity contribution is -0.139. The fourth-order valence-electron chi connectivity index (χ4n) is 3.81. The third-order valence-electron chi connectivity index (χ3n) is 5.16. The number of benzene rings is 1. The molecular weight excluding hydrogens is 394 g/mol. The third kappa shape index (κ3) is 3.22. The zero-order chi connectivity index (χ0) is 21.4. The van der Waals surface area contributed by atoms with E-state index in [0.29, 0.717) is 34.2 Å². The number of ether oxygens (including phenoxy) is 2.